The van der Waals surface area contributed by atoms with E-state index in [1.54, 1.807) is 38.3 Å². The van der Waals surface area contributed by atoms with Crippen molar-refractivity contribution in [2.24, 2.45) is 21.8 Å². The molecule has 17 nitrogen and oxygen atoms in total. The number of thioether (sulfide) groups is 3. The molecule has 6 atom stereocenters. The molecule has 372 valence electrons. The van der Waals surface area contributed by atoms with Gasteiger partial charge in [-0.15, -0.1) is 23.5 Å². The molecule has 2 aromatic heterocycles. The van der Waals surface area contributed by atoms with Crippen LogP contribution in [-0.2, 0) is 56.1 Å². The van der Waals surface area contributed by atoms with Gasteiger partial charge in [-0.25, -0.2) is 14.6 Å². The van der Waals surface area contributed by atoms with Gasteiger partial charge < -0.3 is 30.7 Å². The Kier molecular flexibility index (Phi) is 20.5. The fourth-order valence-electron chi connectivity index (χ4n) is 6.97. The Labute approximate surface area is 421 Å². The van der Waals surface area contributed by atoms with E-state index in [4.69, 9.17) is 9.47 Å². The lowest BCUT2D eigenvalue weighted by molar-refractivity contribution is -0.154. The lowest BCUT2D eigenvalue weighted by Crippen LogP contribution is -2.53. The van der Waals surface area contributed by atoms with Crippen LogP contribution in [0.1, 0.15) is 96.8 Å². The number of carbonyl (C=O) groups excluding carboxylic acids is 7. The minimum atomic E-state index is -1.03. The van der Waals surface area contributed by atoms with Gasteiger partial charge in [0.1, 0.15) is 40.4 Å². The molecule has 0 spiro atoms. The van der Waals surface area contributed by atoms with Crippen molar-refractivity contribution in [1.29, 1.82) is 0 Å². The second-order valence-electron chi connectivity index (χ2n) is 17.8. The quantitative estimate of drug-likeness (QED) is 0.0972. The average Bonchev–Trinajstić information content (AvgIpc) is 3.92. The van der Waals surface area contributed by atoms with E-state index in [-0.39, 0.29) is 66.5 Å². The predicted molar refractivity (Wildman–Crippen MR) is 274 cm³/mol. The number of thiol groups is 1. The number of allylic oxidation sites excluding steroid dienone is 2. The molecular weight excluding hydrogens is 961 g/mol. The minimum absolute atomic E-state index is 0.0259. The molecule has 4 N–H and O–H groups in total. The van der Waals surface area contributed by atoms with E-state index in [2.05, 4.69) is 53.8 Å². The van der Waals surface area contributed by atoms with Gasteiger partial charge in [-0.05, 0) is 80.7 Å². The summed E-state index contributed by atoms with van der Waals surface area (Å²) in [6, 6.07) is 7.41. The molecule has 4 aliphatic rings. The van der Waals surface area contributed by atoms with Crippen molar-refractivity contribution in [3.8, 4) is 0 Å². The predicted octanol–water partition coefficient (Wildman–Crippen LogP) is 4.91. The number of aromatic nitrogens is 2. The van der Waals surface area contributed by atoms with Crippen LogP contribution in [0.5, 0.6) is 0 Å². The van der Waals surface area contributed by atoms with Crippen LogP contribution in [0, 0.1) is 11.8 Å². The molecule has 4 amide bonds. The Balaban J connectivity index is 0.000000258. The number of cyclic esters (lactones) is 2. The number of nitrogens with zero attached hydrogens (tertiary/aromatic N) is 4. The fourth-order valence-corrected chi connectivity index (χ4v) is 9.98. The maximum atomic E-state index is 13.2. The van der Waals surface area contributed by atoms with Crippen LogP contribution in [0.3, 0.4) is 0 Å². The molecule has 0 saturated carbocycles. The summed E-state index contributed by atoms with van der Waals surface area (Å²) in [6.45, 7) is 12.7. The SMILES string of the molecule is CC(=O)SCC/C=C/[C@@H]1CC(=O)NCc2cc(ccn2)C2=N[C@@](C)(CS2)C(=O)N[C@@H](C(C)C)C(=O)O1.CC(C)[C@@H]1NC(=O)[C@]2(C)CSC(=N2)c2cccc(n2)CNC(=O)C[C@@H](/C=C/CCS)OC1=O. The van der Waals surface area contributed by atoms with Crippen LogP contribution in [0.4, 0.5) is 0 Å². The standard InChI is InChI=1S/C25H32N4O5S2.C23H30N4O4S2/c1-15(2)21-23(32)34-19(7-5-6-10-35-16(3)30)12-20(31)27-13-18-11-17(8-9-26-18)22-29-25(4,14-36-22)24(33)28-21;1-14(2)19-21(29)31-16(8-4-5-10-32)11-18(28)24-12-15-7-6-9-17(25-15)20-27-23(3,13-33-20)22(30)26-19/h5,7-9,11,15,19,21H,6,10,12-14H2,1-4H3,(H,27,31)(H,28,33);4,6-9,14,16,19,32H,5,10-13H2,1-3H3,(H,24,28)(H,26,30)/b7-5+;8-4+/t19-,21+,25+;16-,19+,23+/m11/s1. The normalized spacial score (nSPS) is 26.0. The minimum Gasteiger partial charge on any atom is -0.456 e. The van der Waals surface area contributed by atoms with Crippen molar-refractivity contribution in [2.75, 3.05) is 23.0 Å². The highest BCUT2D eigenvalue weighted by Crippen LogP contribution is 2.33. The molecule has 0 aliphatic carbocycles. The lowest BCUT2D eigenvalue weighted by Gasteiger charge is -2.27. The third-order valence-corrected chi connectivity index (χ3v) is 14.7. The summed E-state index contributed by atoms with van der Waals surface area (Å²) >= 11 is 8.30. The number of rotatable bonds is 9. The summed E-state index contributed by atoms with van der Waals surface area (Å²) in [6.07, 6.45) is 8.18. The van der Waals surface area contributed by atoms with Crippen LogP contribution in [0.2, 0.25) is 0 Å². The first kappa shape index (κ1) is 54.9. The third kappa shape index (κ3) is 16.3. The van der Waals surface area contributed by atoms with Gasteiger partial charge in [0.15, 0.2) is 5.12 Å². The first-order valence-corrected chi connectivity index (χ1v) is 26.4. The molecule has 6 heterocycles. The average molecular weight is 1020 g/mol. The van der Waals surface area contributed by atoms with Gasteiger partial charge in [-0.3, -0.25) is 38.9 Å². The smallest absolute Gasteiger partial charge is 0.329 e. The van der Waals surface area contributed by atoms with Crippen molar-refractivity contribution in [1.82, 2.24) is 31.2 Å². The van der Waals surface area contributed by atoms with E-state index in [1.165, 1.54) is 42.2 Å². The van der Waals surface area contributed by atoms with Crippen LogP contribution in [0.25, 0.3) is 0 Å². The summed E-state index contributed by atoms with van der Waals surface area (Å²) < 4.78 is 11.4. The fraction of sp³-hybridized carbons (Fsp3) is 0.521. The van der Waals surface area contributed by atoms with E-state index in [1.807, 2.05) is 64.1 Å². The monoisotopic (exact) mass is 1020 g/mol. The maximum absolute atomic E-state index is 13.2. The Morgan fingerprint density at radius 3 is 1.88 bits per heavy atom. The number of amides is 4. The molecule has 6 rings (SSSR count). The summed E-state index contributed by atoms with van der Waals surface area (Å²) in [5.41, 5.74) is 0.750. The zero-order valence-corrected chi connectivity index (χ0v) is 43.3. The van der Waals surface area contributed by atoms with E-state index >= 15 is 0 Å². The molecule has 0 aromatic carbocycles. The number of ether oxygens (including phenoxy) is 2. The van der Waals surface area contributed by atoms with E-state index in [9.17, 15) is 33.6 Å². The second kappa shape index (κ2) is 25.7. The Hall–Kier alpha value is -4.99. The highest BCUT2D eigenvalue weighted by atomic mass is 32.2. The van der Waals surface area contributed by atoms with Crippen LogP contribution in [-0.4, -0.2) is 119 Å². The van der Waals surface area contributed by atoms with Gasteiger partial charge in [0, 0.05) is 35.9 Å². The van der Waals surface area contributed by atoms with Gasteiger partial charge >= 0.3 is 11.9 Å². The number of hydrogen-bond acceptors (Lipinski definition) is 17. The molecule has 0 fully saturated rings. The molecular formula is C48H62N8O9S4. The number of nitrogens with one attached hydrogen (secondary N) is 4. The van der Waals surface area contributed by atoms with E-state index in [0.29, 0.717) is 63.0 Å². The Morgan fingerprint density at radius 1 is 0.797 bits per heavy atom. The zero-order valence-electron chi connectivity index (χ0n) is 39.9. The van der Waals surface area contributed by atoms with Crippen molar-refractivity contribution in [2.45, 2.75) is 123 Å². The van der Waals surface area contributed by atoms with Crippen LogP contribution in [0.15, 0.2) is 70.8 Å². The Morgan fingerprint density at radius 2 is 1.33 bits per heavy atom. The number of pyridine rings is 2. The Bertz CT molecular complexity index is 2360. The third-order valence-electron chi connectivity index (χ3n) is 11.0. The van der Waals surface area contributed by atoms with Gasteiger partial charge in [0.05, 0.1) is 48.1 Å². The van der Waals surface area contributed by atoms with E-state index in [0.717, 1.165) is 5.56 Å². The molecule has 21 heteroatoms. The first-order chi connectivity index (χ1) is 32.8. The summed E-state index contributed by atoms with van der Waals surface area (Å²) in [7, 11) is 0. The zero-order chi connectivity index (χ0) is 50.3. The van der Waals surface area contributed by atoms with Crippen LogP contribution >= 0.6 is 47.9 Å². The lowest BCUT2D eigenvalue weighted by atomic mass is 10.00. The van der Waals surface area contributed by atoms with E-state index < -0.39 is 47.3 Å². The first-order valence-electron chi connectivity index (χ1n) is 22.8. The van der Waals surface area contributed by atoms with Gasteiger partial charge in [0.2, 0.25) is 23.6 Å². The summed E-state index contributed by atoms with van der Waals surface area (Å²) in [5.74, 6) is -0.826. The number of fused-ring (bicyclic) bond motifs is 8. The molecule has 0 unspecified atom stereocenters. The highest BCUT2D eigenvalue weighted by Gasteiger charge is 2.43. The number of aliphatic imine (C=N–C) groups is 2. The molecule has 4 aliphatic heterocycles. The van der Waals surface area contributed by atoms with Gasteiger partial charge in [-0.2, -0.15) is 12.6 Å². The number of esters is 2. The van der Waals surface area contributed by atoms with Gasteiger partial charge in [-0.1, -0.05) is 57.7 Å². The highest BCUT2D eigenvalue weighted by molar-refractivity contribution is 8.15. The van der Waals surface area contributed by atoms with Crippen molar-refractivity contribution in [3.63, 3.8) is 0 Å². The van der Waals surface area contributed by atoms with Crippen molar-refractivity contribution < 1.29 is 43.0 Å². The topological polar surface area (TPSA) is 237 Å². The molecule has 0 radical (unpaired) electrons. The molecule has 8 bridgehead atoms. The van der Waals surface area contributed by atoms with Crippen molar-refractivity contribution >= 4 is 98.7 Å². The number of hydrogen-bond donors (Lipinski definition) is 5. The molecule has 2 aromatic rings. The summed E-state index contributed by atoms with van der Waals surface area (Å²) in [4.78, 5) is 107. The maximum Gasteiger partial charge on any atom is 0.329 e. The number of carbonyl (C=O) groups is 7. The largest absolute Gasteiger partial charge is 0.456 e. The second-order valence-corrected chi connectivity index (χ2v) is 21.5. The molecule has 69 heavy (non-hydrogen) atoms. The summed E-state index contributed by atoms with van der Waals surface area (Å²) in [5, 5.41) is 12.7. The van der Waals surface area contributed by atoms with Gasteiger partial charge in [0.25, 0.3) is 0 Å². The van der Waals surface area contributed by atoms with Crippen molar-refractivity contribution in [3.05, 3.63) is 83.5 Å². The molecule has 0 saturated heterocycles. The van der Waals surface area contributed by atoms with Crippen LogP contribution < -0.4 is 21.3 Å².